The average molecular weight is 251 g/mol. The Bertz CT molecular complexity index is 383. The van der Waals surface area contributed by atoms with Crippen LogP contribution in [0.5, 0.6) is 0 Å². The average Bonchev–Trinajstić information content (AvgIpc) is 2.76. The maximum atomic E-state index is 13.2. The number of benzene rings is 1. The fourth-order valence-electron chi connectivity index (χ4n) is 2.82. The number of rotatable bonds is 5. The molecule has 2 atom stereocenters. The molecule has 0 aliphatic heterocycles. The molecule has 100 valence electrons. The third-order valence-corrected chi connectivity index (χ3v) is 3.94. The Hall–Kier alpha value is -1.09. The lowest BCUT2D eigenvalue weighted by atomic mass is 10.0. The van der Waals surface area contributed by atoms with E-state index >= 15 is 0 Å². The van der Waals surface area contributed by atoms with Gasteiger partial charge in [-0.2, -0.15) is 0 Å². The number of aliphatic hydroxyl groups is 1. The molecule has 1 N–H and O–H groups in total. The predicted octanol–water partition coefficient (Wildman–Crippen LogP) is 3.20. The summed E-state index contributed by atoms with van der Waals surface area (Å²) in [6.07, 6.45) is 4.07. The SMILES string of the molecule is CCN(CCC1CCCC1O)c1cccc(F)c1. The van der Waals surface area contributed by atoms with Gasteiger partial charge in [-0.15, -0.1) is 0 Å². The van der Waals surface area contributed by atoms with Gasteiger partial charge in [-0.3, -0.25) is 0 Å². The normalized spacial score (nSPS) is 23.3. The van der Waals surface area contributed by atoms with E-state index in [-0.39, 0.29) is 11.9 Å². The van der Waals surface area contributed by atoms with Gasteiger partial charge < -0.3 is 10.0 Å². The Morgan fingerprint density at radius 2 is 2.22 bits per heavy atom. The lowest BCUT2D eigenvalue weighted by molar-refractivity contribution is 0.129. The molecule has 1 aromatic rings. The van der Waals surface area contributed by atoms with Crippen molar-refractivity contribution >= 4 is 5.69 Å². The van der Waals surface area contributed by atoms with Gasteiger partial charge in [-0.25, -0.2) is 4.39 Å². The van der Waals surface area contributed by atoms with Gasteiger partial charge in [0.2, 0.25) is 0 Å². The van der Waals surface area contributed by atoms with Crippen LogP contribution >= 0.6 is 0 Å². The topological polar surface area (TPSA) is 23.5 Å². The monoisotopic (exact) mass is 251 g/mol. The first kappa shape index (κ1) is 13.3. The van der Waals surface area contributed by atoms with Crippen molar-refractivity contribution in [2.75, 3.05) is 18.0 Å². The van der Waals surface area contributed by atoms with Gasteiger partial charge >= 0.3 is 0 Å². The minimum atomic E-state index is -0.188. The number of hydrogen-bond donors (Lipinski definition) is 1. The van der Waals surface area contributed by atoms with Crippen LogP contribution in [-0.4, -0.2) is 24.3 Å². The van der Waals surface area contributed by atoms with E-state index in [9.17, 15) is 9.50 Å². The predicted molar refractivity (Wildman–Crippen MR) is 72.3 cm³/mol. The molecule has 1 fully saturated rings. The number of aliphatic hydroxyl groups excluding tert-OH is 1. The zero-order valence-corrected chi connectivity index (χ0v) is 11.0. The van der Waals surface area contributed by atoms with Crippen molar-refractivity contribution in [1.29, 1.82) is 0 Å². The second kappa shape index (κ2) is 6.19. The van der Waals surface area contributed by atoms with Crippen molar-refractivity contribution in [3.05, 3.63) is 30.1 Å². The number of anilines is 1. The van der Waals surface area contributed by atoms with E-state index in [1.54, 1.807) is 12.1 Å². The van der Waals surface area contributed by atoms with Crippen LogP contribution in [0, 0.1) is 11.7 Å². The first-order valence-electron chi connectivity index (χ1n) is 6.89. The molecular formula is C15H22FNO. The van der Waals surface area contributed by atoms with Crippen molar-refractivity contribution < 1.29 is 9.50 Å². The molecule has 1 aliphatic carbocycles. The molecule has 2 rings (SSSR count). The second-order valence-electron chi connectivity index (χ2n) is 5.11. The summed E-state index contributed by atoms with van der Waals surface area (Å²) in [6, 6.07) is 6.74. The maximum Gasteiger partial charge on any atom is 0.125 e. The Balaban J connectivity index is 1.93. The molecule has 0 amide bonds. The van der Waals surface area contributed by atoms with Crippen molar-refractivity contribution in [2.45, 2.75) is 38.7 Å². The maximum absolute atomic E-state index is 13.2. The van der Waals surface area contributed by atoms with E-state index in [1.165, 1.54) is 6.07 Å². The molecule has 2 unspecified atom stereocenters. The molecule has 0 radical (unpaired) electrons. The van der Waals surface area contributed by atoms with Crippen LogP contribution in [-0.2, 0) is 0 Å². The van der Waals surface area contributed by atoms with Crippen molar-refractivity contribution in [3.8, 4) is 0 Å². The van der Waals surface area contributed by atoms with Crippen molar-refractivity contribution in [1.82, 2.24) is 0 Å². The quantitative estimate of drug-likeness (QED) is 0.868. The van der Waals surface area contributed by atoms with E-state index in [4.69, 9.17) is 0 Å². The highest BCUT2D eigenvalue weighted by Gasteiger charge is 2.25. The zero-order chi connectivity index (χ0) is 13.0. The van der Waals surface area contributed by atoms with Gasteiger partial charge in [-0.1, -0.05) is 12.5 Å². The molecule has 1 aromatic carbocycles. The van der Waals surface area contributed by atoms with Gasteiger partial charge in [0.1, 0.15) is 5.82 Å². The Labute approximate surface area is 108 Å². The number of nitrogens with zero attached hydrogens (tertiary/aromatic N) is 1. The largest absolute Gasteiger partial charge is 0.393 e. The standard InChI is InChI=1S/C15H22FNO/c1-2-17(14-7-4-6-13(16)11-14)10-9-12-5-3-8-15(12)18/h4,6-7,11-12,15,18H,2-3,5,8-10H2,1H3. The Kier molecular flexibility index (Phi) is 4.59. The minimum absolute atomic E-state index is 0.129. The lowest BCUT2D eigenvalue weighted by Gasteiger charge is -2.25. The zero-order valence-electron chi connectivity index (χ0n) is 11.0. The van der Waals surface area contributed by atoms with Crippen LogP contribution in [0.3, 0.4) is 0 Å². The number of halogens is 1. The molecule has 2 nitrogen and oxygen atoms in total. The van der Waals surface area contributed by atoms with Crippen LogP contribution in [0.4, 0.5) is 10.1 Å². The van der Waals surface area contributed by atoms with Crippen LogP contribution in [0.2, 0.25) is 0 Å². The minimum Gasteiger partial charge on any atom is -0.393 e. The summed E-state index contributed by atoms with van der Waals surface area (Å²) in [5.74, 6) is 0.236. The molecule has 0 spiro atoms. The van der Waals surface area contributed by atoms with Gasteiger partial charge in [-0.05, 0) is 50.3 Å². The first-order valence-corrected chi connectivity index (χ1v) is 6.89. The summed E-state index contributed by atoms with van der Waals surface area (Å²) < 4.78 is 13.2. The first-order chi connectivity index (χ1) is 8.70. The third kappa shape index (κ3) is 3.22. The van der Waals surface area contributed by atoms with Crippen molar-refractivity contribution in [3.63, 3.8) is 0 Å². The van der Waals surface area contributed by atoms with Gasteiger partial charge in [0.05, 0.1) is 6.10 Å². The summed E-state index contributed by atoms with van der Waals surface area (Å²) >= 11 is 0. The fraction of sp³-hybridized carbons (Fsp3) is 0.600. The molecule has 3 heteroatoms. The van der Waals surface area contributed by atoms with Gasteiger partial charge in [0.15, 0.2) is 0 Å². The highest BCUT2D eigenvalue weighted by molar-refractivity contribution is 5.46. The van der Waals surface area contributed by atoms with E-state index < -0.39 is 0 Å². The van der Waals surface area contributed by atoms with Crippen LogP contribution < -0.4 is 4.90 Å². The molecule has 1 saturated carbocycles. The summed E-state index contributed by atoms with van der Waals surface area (Å²) in [6.45, 7) is 3.84. The second-order valence-corrected chi connectivity index (χ2v) is 5.11. The van der Waals surface area contributed by atoms with E-state index in [0.717, 1.165) is 44.5 Å². The molecule has 18 heavy (non-hydrogen) atoms. The van der Waals surface area contributed by atoms with Crippen LogP contribution in [0.15, 0.2) is 24.3 Å². The van der Waals surface area contributed by atoms with Crippen LogP contribution in [0.25, 0.3) is 0 Å². The van der Waals surface area contributed by atoms with Crippen LogP contribution in [0.1, 0.15) is 32.6 Å². The fourth-order valence-corrected chi connectivity index (χ4v) is 2.82. The summed E-state index contributed by atoms with van der Waals surface area (Å²) in [7, 11) is 0. The molecule has 0 bridgehead atoms. The summed E-state index contributed by atoms with van der Waals surface area (Å²) in [5.41, 5.74) is 0.935. The number of hydrogen-bond acceptors (Lipinski definition) is 2. The Morgan fingerprint density at radius 3 is 2.83 bits per heavy atom. The molecular weight excluding hydrogens is 229 g/mol. The molecule has 0 heterocycles. The summed E-state index contributed by atoms with van der Waals surface area (Å²) in [5, 5.41) is 9.81. The Morgan fingerprint density at radius 1 is 1.39 bits per heavy atom. The van der Waals surface area contributed by atoms with Crippen molar-refractivity contribution in [2.24, 2.45) is 5.92 Å². The van der Waals surface area contributed by atoms with E-state index in [2.05, 4.69) is 11.8 Å². The summed E-state index contributed by atoms with van der Waals surface area (Å²) in [4.78, 5) is 2.17. The molecule has 0 aromatic heterocycles. The van der Waals surface area contributed by atoms with Gasteiger partial charge in [0.25, 0.3) is 0 Å². The highest BCUT2D eigenvalue weighted by Crippen LogP contribution is 2.29. The smallest absolute Gasteiger partial charge is 0.125 e. The molecule has 1 aliphatic rings. The van der Waals surface area contributed by atoms with E-state index in [0.29, 0.717) is 5.92 Å². The third-order valence-electron chi connectivity index (χ3n) is 3.94. The highest BCUT2D eigenvalue weighted by atomic mass is 19.1. The lowest BCUT2D eigenvalue weighted by Crippen LogP contribution is -2.27. The van der Waals surface area contributed by atoms with E-state index in [1.807, 2.05) is 6.07 Å². The molecule has 0 saturated heterocycles. The van der Waals surface area contributed by atoms with Gasteiger partial charge in [0, 0.05) is 18.8 Å².